The Hall–Kier alpha value is -1.55. The minimum Gasteiger partial charge on any atom is -0.356 e. The molecule has 0 bridgehead atoms. The van der Waals surface area contributed by atoms with Crippen molar-refractivity contribution in [1.82, 2.24) is 10.2 Å². The molecule has 1 N–H and O–H groups in total. The average Bonchev–Trinajstić information content (AvgIpc) is 2.49. The van der Waals surface area contributed by atoms with Gasteiger partial charge in [0.05, 0.1) is 0 Å². The monoisotopic (exact) mass is 324 g/mol. The van der Waals surface area contributed by atoms with E-state index in [1.54, 1.807) is 0 Å². The third-order valence-corrected chi connectivity index (χ3v) is 3.86. The topological polar surface area (TPSA) is 49.4 Å². The zero-order valence-electron chi connectivity index (χ0n) is 13.4. The molecule has 0 spiro atoms. The number of rotatable bonds is 9. The molecule has 4 nitrogen and oxygen atoms in total. The van der Waals surface area contributed by atoms with Gasteiger partial charge in [0.15, 0.2) is 0 Å². The van der Waals surface area contributed by atoms with Gasteiger partial charge < -0.3 is 10.2 Å². The first-order valence-corrected chi connectivity index (χ1v) is 8.18. The molecule has 1 rings (SSSR count). The quantitative estimate of drug-likeness (QED) is 0.708. The Morgan fingerprint density at radius 2 is 1.91 bits per heavy atom. The molecule has 0 unspecified atom stereocenters. The van der Waals surface area contributed by atoms with Crippen molar-refractivity contribution in [2.75, 3.05) is 13.1 Å². The molecule has 5 heteroatoms. The SMILES string of the molecule is CCN(Cc1ccccc1Cl)C(=O)CCCCCNC(C)=O. The van der Waals surface area contributed by atoms with Crippen molar-refractivity contribution in [3.63, 3.8) is 0 Å². The Morgan fingerprint density at radius 1 is 1.18 bits per heavy atom. The Balaban J connectivity index is 2.32. The van der Waals surface area contributed by atoms with E-state index in [1.807, 2.05) is 36.1 Å². The van der Waals surface area contributed by atoms with Crippen molar-refractivity contribution in [2.24, 2.45) is 0 Å². The van der Waals surface area contributed by atoms with Crippen LogP contribution in [0.4, 0.5) is 0 Å². The smallest absolute Gasteiger partial charge is 0.222 e. The number of nitrogens with one attached hydrogen (secondary N) is 1. The van der Waals surface area contributed by atoms with Crippen LogP contribution in [-0.4, -0.2) is 29.8 Å². The highest BCUT2D eigenvalue weighted by atomic mass is 35.5. The number of carbonyl (C=O) groups is 2. The first-order valence-electron chi connectivity index (χ1n) is 7.80. The van der Waals surface area contributed by atoms with Crippen molar-refractivity contribution in [3.8, 4) is 0 Å². The number of carbonyl (C=O) groups excluding carboxylic acids is 2. The lowest BCUT2D eigenvalue weighted by Crippen LogP contribution is -2.30. The number of halogens is 1. The summed E-state index contributed by atoms with van der Waals surface area (Å²) in [7, 11) is 0. The molecule has 0 saturated carbocycles. The van der Waals surface area contributed by atoms with Gasteiger partial charge in [0.1, 0.15) is 0 Å². The largest absolute Gasteiger partial charge is 0.356 e. The normalized spacial score (nSPS) is 10.3. The van der Waals surface area contributed by atoms with Crippen molar-refractivity contribution in [2.45, 2.75) is 46.1 Å². The van der Waals surface area contributed by atoms with Gasteiger partial charge >= 0.3 is 0 Å². The van der Waals surface area contributed by atoms with Crippen molar-refractivity contribution in [3.05, 3.63) is 34.9 Å². The van der Waals surface area contributed by atoms with Crippen LogP contribution in [0.15, 0.2) is 24.3 Å². The van der Waals surface area contributed by atoms with Gasteiger partial charge in [-0.15, -0.1) is 0 Å². The number of hydrogen-bond acceptors (Lipinski definition) is 2. The fraction of sp³-hybridized carbons (Fsp3) is 0.529. The second-order valence-electron chi connectivity index (χ2n) is 5.29. The van der Waals surface area contributed by atoms with E-state index in [0.717, 1.165) is 24.8 Å². The molecule has 122 valence electrons. The predicted molar refractivity (Wildman–Crippen MR) is 89.7 cm³/mol. The van der Waals surface area contributed by atoms with E-state index in [1.165, 1.54) is 6.92 Å². The van der Waals surface area contributed by atoms with Crippen LogP contribution in [0, 0.1) is 0 Å². The molecule has 1 aromatic rings. The van der Waals surface area contributed by atoms with Crippen LogP contribution in [-0.2, 0) is 16.1 Å². The molecule has 1 aromatic carbocycles. The van der Waals surface area contributed by atoms with Crippen LogP contribution >= 0.6 is 11.6 Å². The summed E-state index contributed by atoms with van der Waals surface area (Å²) in [4.78, 5) is 24.8. The maximum absolute atomic E-state index is 12.2. The third-order valence-electron chi connectivity index (χ3n) is 3.49. The molecule has 0 heterocycles. The summed E-state index contributed by atoms with van der Waals surface area (Å²) in [6.45, 7) is 5.40. The van der Waals surface area contributed by atoms with E-state index in [0.29, 0.717) is 31.1 Å². The number of amides is 2. The standard InChI is InChI=1S/C17H25ClN2O2/c1-3-20(13-15-9-6-7-10-16(15)18)17(22)11-5-4-8-12-19-14(2)21/h6-7,9-10H,3-5,8,11-13H2,1-2H3,(H,19,21). The third kappa shape index (κ3) is 6.94. The minimum atomic E-state index is -0.00651. The average molecular weight is 325 g/mol. The zero-order valence-corrected chi connectivity index (χ0v) is 14.2. The van der Waals surface area contributed by atoms with Gasteiger partial charge in [-0.1, -0.05) is 36.2 Å². The summed E-state index contributed by atoms with van der Waals surface area (Å²) >= 11 is 6.14. The number of hydrogen-bond donors (Lipinski definition) is 1. The van der Waals surface area contributed by atoms with Crippen LogP contribution in [0.3, 0.4) is 0 Å². The zero-order chi connectivity index (χ0) is 16.4. The van der Waals surface area contributed by atoms with Gasteiger partial charge in [0.25, 0.3) is 0 Å². The van der Waals surface area contributed by atoms with Gasteiger partial charge in [-0.25, -0.2) is 0 Å². The fourth-order valence-corrected chi connectivity index (χ4v) is 2.40. The Kier molecular flexibility index (Phi) is 8.60. The van der Waals surface area contributed by atoms with Crippen LogP contribution in [0.5, 0.6) is 0 Å². The lowest BCUT2D eigenvalue weighted by Gasteiger charge is -2.21. The van der Waals surface area contributed by atoms with Gasteiger partial charge in [0, 0.05) is 38.0 Å². The summed E-state index contributed by atoms with van der Waals surface area (Å²) in [5.74, 6) is 0.148. The molecule has 0 radical (unpaired) electrons. The van der Waals surface area contributed by atoms with E-state index in [2.05, 4.69) is 5.32 Å². The van der Waals surface area contributed by atoms with E-state index >= 15 is 0 Å². The molecule has 0 aliphatic rings. The van der Waals surface area contributed by atoms with E-state index in [9.17, 15) is 9.59 Å². The fourth-order valence-electron chi connectivity index (χ4n) is 2.21. The number of unbranched alkanes of at least 4 members (excludes halogenated alkanes) is 2. The van der Waals surface area contributed by atoms with Crippen molar-refractivity contribution < 1.29 is 9.59 Å². The minimum absolute atomic E-state index is 0.00651. The molecule has 0 aliphatic carbocycles. The lowest BCUT2D eigenvalue weighted by molar-refractivity contribution is -0.131. The van der Waals surface area contributed by atoms with Gasteiger partial charge in [0.2, 0.25) is 11.8 Å². The first kappa shape index (κ1) is 18.5. The summed E-state index contributed by atoms with van der Waals surface area (Å²) in [5, 5.41) is 3.46. The highest BCUT2D eigenvalue weighted by molar-refractivity contribution is 6.31. The number of nitrogens with zero attached hydrogens (tertiary/aromatic N) is 1. The van der Waals surface area contributed by atoms with Crippen LogP contribution in [0.25, 0.3) is 0 Å². The Morgan fingerprint density at radius 3 is 2.55 bits per heavy atom. The van der Waals surface area contributed by atoms with Gasteiger partial charge in [-0.3, -0.25) is 9.59 Å². The van der Waals surface area contributed by atoms with Crippen molar-refractivity contribution >= 4 is 23.4 Å². The molecule has 0 saturated heterocycles. The maximum atomic E-state index is 12.2. The lowest BCUT2D eigenvalue weighted by atomic mass is 10.1. The molecule has 0 fully saturated rings. The Bertz CT molecular complexity index is 491. The molecule has 0 atom stereocenters. The van der Waals surface area contributed by atoms with E-state index in [-0.39, 0.29) is 11.8 Å². The predicted octanol–water partition coefficient (Wildman–Crippen LogP) is 3.39. The van der Waals surface area contributed by atoms with Gasteiger partial charge in [-0.2, -0.15) is 0 Å². The Labute approximate surface area is 137 Å². The summed E-state index contributed by atoms with van der Waals surface area (Å²) in [6, 6.07) is 7.61. The summed E-state index contributed by atoms with van der Waals surface area (Å²) in [5.41, 5.74) is 0.977. The first-order chi connectivity index (χ1) is 10.5. The number of benzene rings is 1. The molecule has 0 aliphatic heterocycles. The molecular formula is C17H25ClN2O2. The second kappa shape index (κ2) is 10.2. The molecule has 0 aromatic heterocycles. The van der Waals surface area contributed by atoms with Crippen LogP contribution < -0.4 is 5.32 Å². The second-order valence-corrected chi connectivity index (χ2v) is 5.70. The highest BCUT2D eigenvalue weighted by Gasteiger charge is 2.13. The molecule has 2 amide bonds. The highest BCUT2D eigenvalue weighted by Crippen LogP contribution is 2.17. The van der Waals surface area contributed by atoms with Crippen LogP contribution in [0.1, 0.15) is 45.1 Å². The van der Waals surface area contributed by atoms with E-state index < -0.39 is 0 Å². The van der Waals surface area contributed by atoms with Crippen molar-refractivity contribution in [1.29, 1.82) is 0 Å². The molecular weight excluding hydrogens is 300 g/mol. The maximum Gasteiger partial charge on any atom is 0.222 e. The summed E-state index contributed by atoms with van der Waals surface area (Å²) < 4.78 is 0. The van der Waals surface area contributed by atoms with Crippen LogP contribution in [0.2, 0.25) is 5.02 Å². The van der Waals surface area contributed by atoms with E-state index in [4.69, 9.17) is 11.6 Å². The van der Waals surface area contributed by atoms with Gasteiger partial charge in [-0.05, 0) is 31.4 Å². The summed E-state index contributed by atoms with van der Waals surface area (Å²) in [6.07, 6.45) is 3.23. The molecule has 22 heavy (non-hydrogen) atoms.